The fraction of sp³-hybridized carbons (Fsp3) is 0.200. The van der Waals surface area contributed by atoms with Crippen molar-refractivity contribution in [3.05, 3.63) is 17.3 Å². The van der Waals surface area contributed by atoms with E-state index in [4.69, 9.17) is 15.7 Å². The zero-order chi connectivity index (χ0) is 9.19. The second kappa shape index (κ2) is 2.64. The SMILES string of the molecule is [2H]C([2H])([2H])Oc1cc(Cl)cnn1. The Labute approximate surface area is 61.8 Å². The van der Waals surface area contributed by atoms with Crippen LogP contribution in [0.4, 0.5) is 0 Å². The van der Waals surface area contributed by atoms with E-state index in [0.29, 0.717) is 0 Å². The maximum absolute atomic E-state index is 6.74. The molecule has 0 atom stereocenters. The van der Waals surface area contributed by atoms with Gasteiger partial charge in [0.15, 0.2) is 0 Å². The quantitative estimate of drug-likeness (QED) is 0.598. The second-order valence-corrected chi connectivity index (χ2v) is 1.75. The third-order valence-corrected chi connectivity index (χ3v) is 0.910. The number of hydrogen-bond acceptors (Lipinski definition) is 3. The van der Waals surface area contributed by atoms with Crippen LogP contribution in [0.1, 0.15) is 4.11 Å². The van der Waals surface area contributed by atoms with Crippen molar-refractivity contribution in [1.29, 1.82) is 0 Å². The van der Waals surface area contributed by atoms with Crippen molar-refractivity contribution in [2.24, 2.45) is 0 Å². The summed E-state index contributed by atoms with van der Waals surface area (Å²) in [5, 5.41) is 7.10. The van der Waals surface area contributed by atoms with Crippen molar-refractivity contribution in [1.82, 2.24) is 10.2 Å². The van der Waals surface area contributed by atoms with Gasteiger partial charge in [-0.1, -0.05) is 11.6 Å². The molecule has 48 valence electrons. The van der Waals surface area contributed by atoms with Gasteiger partial charge in [-0.3, -0.25) is 0 Å². The molecule has 4 heteroatoms. The summed E-state index contributed by atoms with van der Waals surface area (Å²) in [7, 11) is -2.51. The lowest BCUT2D eigenvalue weighted by Crippen LogP contribution is -1.88. The molecule has 0 N–H and O–H groups in total. The largest absolute Gasteiger partial charge is 0.480 e. The Bertz CT molecular complexity index is 278. The first-order valence-electron chi connectivity index (χ1n) is 3.65. The summed E-state index contributed by atoms with van der Waals surface area (Å²) in [6.45, 7) is 0. The Hall–Kier alpha value is -0.830. The van der Waals surface area contributed by atoms with E-state index in [9.17, 15) is 0 Å². The van der Waals surface area contributed by atoms with Crippen LogP contribution in [-0.4, -0.2) is 17.2 Å². The highest BCUT2D eigenvalue weighted by molar-refractivity contribution is 6.30. The van der Waals surface area contributed by atoms with Gasteiger partial charge in [0.2, 0.25) is 5.88 Å². The van der Waals surface area contributed by atoms with E-state index in [-0.39, 0.29) is 10.9 Å². The Morgan fingerprint density at radius 3 is 3.44 bits per heavy atom. The summed E-state index contributed by atoms with van der Waals surface area (Å²) in [5.41, 5.74) is 0. The molecule has 0 bridgehead atoms. The minimum atomic E-state index is -2.51. The number of hydrogen-bond donors (Lipinski definition) is 0. The number of rotatable bonds is 1. The summed E-state index contributed by atoms with van der Waals surface area (Å²) in [6.07, 6.45) is 1.29. The minimum absolute atomic E-state index is 0.109. The molecule has 1 rings (SSSR count). The van der Waals surface area contributed by atoms with Crippen molar-refractivity contribution in [3.63, 3.8) is 0 Å². The summed E-state index contributed by atoms with van der Waals surface area (Å²) < 4.78 is 24.6. The normalized spacial score (nSPS) is 15.4. The van der Waals surface area contributed by atoms with Crippen molar-refractivity contribution >= 4 is 11.6 Å². The third-order valence-electron chi connectivity index (χ3n) is 0.703. The smallest absolute Gasteiger partial charge is 0.234 e. The topological polar surface area (TPSA) is 35.0 Å². The summed E-state index contributed by atoms with van der Waals surface area (Å²) in [6, 6.07) is 1.28. The van der Waals surface area contributed by atoms with Gasteiger partial charge < -0.3 is 4.74 Å². The molecule has 0 amide bonds. The van der Waals surface area contributed by atoms with Crippen molar-refractivity contribution in [2.75, 3.05) is 7.04 Å². The molecule has 1 aromatic heterocycles. The molecule has 0 saturated carbocycles. The Morgan fingerprint density at radius 1 is 1.89 bits per heavy atom. The van der Waals surface area contributed by atoms with Crippen molar-refractivity contribution < 1.29 is 8.85 Å². The molecule has 0 aromatic carbocycles. The van der Waals surface area contributed by atoms with Gasteiger partial charge in [-0.25, -0.2) is 0 Å². The fourth-order valence-corrected chi connectivity index (χ4v) is 0.512. The van der Waals surface area contributed by atoms with E-state index < -0.39 is 7.04 Å². The van der Waals surface area contributed by atoms with Crippen LogP contribution in [-0.2, 0) is 0 Å². The van der Waals surface area contributed by atoms with Gasteiger partial charge >= 0.3 is 0 Å². The lowest BCUT2D eigenvalue weighted by atomic mass is 10.6. The first-order chi connectivity index (χ1) is 5.47. The summed E-state index contributed by atoms with van der Waals surface area (Å²) in [4.78, 5) is 0. The lowest BCUT2D eigenvalue weighted by Gasteiger charge is -1.93. The molecule has 1 heterocycles. The molecule has 0 aliphatic rings. The molecule has 1 aromatic rings. The minimum Gasteiger partial charge on any atom is -0.480 e. The molecule has 0 fully saturated rings. The van der Waals surface area contributed by atoms with Gasteiger partial charge in [-0.15, -0.1) is 5.10 Å². The Morgan fingerprint density at radius 2 is 2.78 bits per heavy atom. The third kappa shape index (κ3) is 1.54. The molecule has 3 nitrogen and oxygen atoms in total. The van der Waals surface area contributed by atoms with Gasteiger partial charge in [-0.2, -0.15) is 5.10 Å². The highest BCUT2D eigenvalue weighted by atomic mass is 35.5. The van der Waals surface area contributed by atoms with Gasteiger partial charge in [0.05, 0.1) is 22.4 Å². The molecule has 0 saturated heterocycles. The number of aromatic nitrogens is 2. The van der Waals surface area contributed by atoms with Crippen molar-refractivity contribution in [2.45, 2.75) is 0 Å². The van der Waals surface area contributed by atoms with Gasteiger partial charge in [0.1, 0.15) is 0 Å². The number of nitrogens with zero attached hydrogens (tertiary/aromatic N) is 2. The van der Waals surface area contributed by atoms with E-state index in [2.05, 4.69) is 14.9 Å². The number of methoxy groups -OCH3 is 1. The Kier molecular flexibility index (Phi) is 0.987. The van der Waals surface area contributed by atoms with E-state index in [1.54, 1.807) is 0 Å². The molecule has 0 unspecified atom stereocenters. The van der Waals surface area contributed by atoms with Crippen molar-refractivity contribution in [3.8, 4) is 5.88 Å². The molecule has 0 spiro atoms. The highest BCUT2D eigenvalue weighted by Crippen LogP contribution is 2.10. The summed E-state index contributed by atoms with van der Waals surface area (Å²) in [5.74, 6) is -0.109. The van der Waals surface area contributed by atoms with E-state index >= 15 is 0 Å². The van der Waals surface area contributed by atoms with Crippen LogP contribution < -0.4 is 4.74 Å². The van der Waals surface area contributed by atoms with E-state index in [1.807, 2.05) is 0 Å². The molecular weight excluding hydrogens is 140 g/mol. The summed E-state index contributed by atoms with van der Waals surface area (Å²) >= 11 is 5.51. The predicted molar refractivity (Wildman–Crippen MR) is 33.6 cm³/mol. The molecule has 0 radical (unpaired) electrons. The average molecular weight is 148 g/mol. The predicted octanol–water partition coefficient (Wildman–Crippen LogP) is 1.14. The fourth-order valence-electron chi connectivity index (χ4n) is 0.375. The van der Waals surface area contributed by atoms with Crippen LogP contribution >= 0.6 is 11.6 Å². The van der Waals surface area contributed by atoms with Crippen LogP contribution in [0.15, 0.2) is 12.3 Å². The van der Waals surface area contributed by atoms with Crippen LogP contribution in [0.25, 0.3) is 0 Å². The first-order valence-corrected chi connectivity index (χ1v) is 2.52. The van der Waals surface area contributed by atoms with Crippen LogP contribution in [0.3, 0.4) is 0 Å². The second-order valence-electron chi connectivity index (χ2n) is 1.31. The van der Waals surface area contributed by atoms with Crippen LogP contribution in [0.5, 0.6) is 5.88 Å². The maximum atomic E-state index is 6.74. The van der Waals surface area contributed by atoms with Gasteiger partial charge in [-0.05, 0) is 0 Å². The standard InChI is InChI=1S/C5H5ClN2O/c1-9-5-2-4(6)3-7-8-5/h2-3H,1H3/i1D3. The van der Waals surface area contributed by atoms with E-state index in [1.165, 1.54) is 12.3 Å². The molecule has 0 aliphatic carbocycles. The van der Waals surface area contributed by atoms with Crippen LogP contribution in [0.2, 0.25) is 5.02 Å². The lowest BCUT2D eigenvalue weighted by molar-refractivity contribution is 0.392. The average Bonchev–Trinajstić information content (AvgIpc) is 1.82. The van der Waals surface area contributed by atoms with Gasteiger partial charge in [0, 0.05) is 6.07 Å². The highest BCUT2D eigenvalue weighted by Gasteiger charge is 1.91. The molecular formula is C5H5ClN2O. The monoisotopic (exact) mass is 147 g/mol. The first kappa shape index (κ1) is 3.37. The van der Waals surface area contributed by atoms with Crippen LogP contribution in [0, 0.1) is 0 Å². The maximum Gasteiger partial charge on any atom is 0.234 e. The van der Waals surface area contributed by atoms with Gasteiger partial charge in [0.25, 0.3) is 0 Å². The van der Waals surface area contributed by atoms with E-state index in [0.717, 1.165) is 0 Å². The Balaban J connectivity index is 2.77. The zero-order valence-corrected chi connectivity index (χ0v) is 5.09. The number of halogens is 1. The molecule has 9 heavy (non-hydrogen) atoms. The molecule has 0 aliphatic heterocycles. The number of ether oxygens (including phenoxy) is 1. The zero-order valence-electron chi connectivity index (χ0n) is 7.34.